The average Bonchev–Trinajstić information content (AvgIpc) is 4.07. The predicted molar refractivity (Wildman–Crippen MR) is 253 cm³/mol. The van der Waals surface area contributed by atoms with Crippen LogP contribution in [-0.2, 0) is 20.9 Å². The number of amides is 5. The third kappa shape index (κ3) is 8.24. The lowest BCUT2D eigenvalue weighted by molar-refractivity contribution is -0.136. The summed E-state index contributed by atoms with van der Waals surface area (Å²) in [5.74, 6) is 0.708. The maximum atomic E-state index is 13.5. The van der Waals surface area contributed by atoms with E-state index in [4.69, 9.17) is 4.98 Å². The highest BCUT2D eigenvalue weighted by Crippen LogP contribution is 2.34. The highest BCUT2D eigenvalue weighted by Gasteiger charge is 2.45. The lowest BCUT2D eigenvalue weighted by Gasteiger charge is -2.41. The van der Waals surface area contributed by atoms with Crippen LogP contribution in [0.2, 0.25) is 0 Å². The van der Waals surface area contributed by atoms with Gasteiger partial charge in [0.1, 0.15) is 17.6 Å². The third-order valence-corrected chi connectivity index (χ3v) is 15.0. The molecule has 1 atom stereocenters. The van der Waals surface area contributed by atoms with Gasteiger partial charge in [-0.25, -0.2) is 9.67 Å². The number of nitrogens with zero attached hydrogens (tertiary/aromatic N) is 12. The van der Waals surface area contributed by atoms with Crippen LogP contribution in [0.5, 0.6) is 0 Å². The number of hydrogen-bond donors (Lipinski definition) is 3. The second-order valence-corrected chi connectivity index (χ2v) is 19.1. The SMILES string of the molecule is CC1=C(C(=O)Nc2ccc3[nH]nc(-c4ccnc(N5CCN(CC6CCN(CC7CCN(c8ccc9c(c8)C(=O)N(C8CCC(=O)NC8=O)C9=O)CC7)CC6)CC5)c4)c3c2)Cn2nnnc2N1C. The number of piperazine rings is 1. The molecule has 68 heavy (non-hydrogen) atoms. The Bertz CT molecular complexity index is 2850. The van der Waals surface area contributed by atoms with Crippen molar-refractivity contribution in [2.45, 2.75) is 58.0 Å². The third-order valence-electron chi connectivity index (χ3n) is 15.0. The van der Waals surface area contributed by atoms with Crippen LogP contribution in [0.15, 0.2) is 66.0 Å². The molecule has 5 aromatic rings. The van der Waals surface area contributed by atoms with Crippen LogP contribution in [-0.4, -0.2) is 158 Å². The topological polar surface area (TPSA) is 214 Å². The number of rotatable bonds is 10. The Morgan fingerprint density at radius 3 is 2.29 bits per heavy atom. The summed E-state index contributed by atoms with van der Waals surface area (Å²) in [6.07, 6.45) is 6.65. The van der Waals surface area contributed by atoms with Crippen LogP contribution in [0.4, 0.5) is 23.1 Å². The van der Waals surface area contributed by atoms with Crippen LogP contribution < -0.4 is 25.3 Å². The number of allylic oxidation sites excluding steroid dienone is 1. The fraction of sp³-hybridized carbons (Fsp3) is 0.458. The smallest absolute Gasteiger partial charge is 0.262 e. The van der Waals surface area contributed by atoms with Gasteiger partial charge in [-0.15, -0.1) is 0 Å². The van der Waals surface area contributed by atoms with E-state index in [0.29, 0.717) is 40.2 Å². The Labute approximate surface area is 392 Å². The van der Waals surface area contributed by atoms with Crippen molar-refractivity contribution >= 4 is 63.6 Å². The van der Waals surface area contributed by atoms with E-state index < -0.39 is 23.8 Å². The maximum Gasteiger partial charge on any atom is 0.262 e. The molecule has 5 amide bonds. The van der Waals surface area contributed by atoms with E-state index in [0.717, 1.165) is 123 Å². The zero-order valence-corrected chi connectivity index (χ0v) is 38.4. The summed E-state index contributed by atoms with van der Waals surface area (Å²) in [4.78, 5) is 81.8. The van der Waals surface area contributed by atoms with Crippen LogP contribution in [0.1, 0.15) is 66.2 Å². The Kier molecular flexibility index (Phi) is 11.4. The standard InChI is InChI=1S/C48H55N15O5/c1-29-38(28-62-48(57(29)2)54-55-56-62)44(65)50-33-3-6-39-37(24-33)43(53-52-39)32-9-14-49-41(23-32)61-21-19-59(20-22-61)27-30-10-15-58(16-11-30)26-31-12-17-60(18-13-31)34-4-5-35-36(25-34)47(68)63(46(35)67)40-7-8-42(64)51-45(40)66/h3-6,9,14,23-25,30-31,40H,7-8,10-13,15-22,26-28H2,1-2H3,(H,50,65)(H,52,53)(H,51,64,66). The van der Waals surface area contributed by atoms with Gasteiger partial charge in [0.15, 0.2) is 0 Å². The number of aromatic nitrogens is 7. The number of piperidine rings is 3. The fourth-order valence-electron chi connectivity index (χ4n) is 10.9. The molecule has 1 unspecified atom stereocenters. The number of aromatic amines is 1. The van der Waals surface area contributed by atoms with Crippen LogP contribution in [0.25, 0.3) is 22.2 Å². The van der Waals surface area contributed by atoms with Crippen molar-refractivity contribution in [3.8, 4) is 11.3 Å². The Balaban J connectivity index is 0.631. The van der Waals surface area contributed by atoms with Crippen LogP contribution in [0.3, 0.4) is 0 Å². The first-order chi connectivity index (χ1) is 33.0. The zero-order chi connectivity index (χ0) is 46.6. The Hall–Kier alpha value is -7.06. The van der Waals surface area contributed by atoms with E-state index in [1.807, 2.05) is 55.4 Å². The molecule has 20 nitrogen and oxygen atoms in total. The molecule has 20 heteroatoms. The number of benzene rings is 2. The molecule has 9 heterocycles. The molecule has 2 aromatic carbocycles. The summed E-state index contributed by atoms with van der Waals surface area (Å²) >= 11 is 0. The minimum Gasteiger partial charge on any atom is -0.371 e. The Morgan fingerprint density at radius 1 is 0.794 bits per heavy atom. The van der Waals surface area contributed by atoms with Crippen LogP contribution in [0, 0.1) is 11.8 Å². The molecule has 0 saturated carbocycles. The van der Waals surface area contributed by atoms with E-state index in [1.165, 1.54) is 12.8 Å². The summed E-state index contributed by atoms with van der Waals surface area (Å²) in [6.45, 7) is 12.2. The number of pyridine rings is 1. The van der Waals surface area contributed by atoms with Gasteiger partial charge in [-0.2, -0.15) is 5.10 Å². The maximum absolute atomic E-state index is 13.5. The number of carbonyl (C=O) groups is 5. The molecule has 6 aliphatic rings. The number of imide groups is 2. The molecular formula is C48H55N15O5. The van der Waals surface area contributed by atoms with E-state index in [1.54, 1.807) is 16.8 Å². The highest BCUT2D eigenvalue weighted by molar-refractivity contribution is 6.23. The van der Waals surface area contributed by atoms with Crippen molar-refractivity contribution in [1.82, 2.24) is 55.4 Å². The van der Waals surface area contributed by atoms with E-state index in [-0.39, 0.29) is 31.2 Å². The van der Waals surface area contributed by atoms with Gasteiger partial charge >= 0.3 is 0 Å². The number of fused-ring (bicyclic) bond motifs is 3. The molecule has 11 rings (SSSR count). The summed E-state index contributed by atoms with van der Waals surface area (Å²) in [5.41, 5.74) is 6.26. The van der Waals surface area contributed by atoms with Crippen molar-refractivity contribution in [2.24, 2.45) is 11.8 Å². The zero-order valence-electron chi connectivity index (χ0n) is 38.4. The van der Waals surface area contributed by atoms with Gasteiger partial charge in [0.25, 0.3) is 17.7 Å². The van der Waals surface area contributed by atoms with Gasteiger partial charge in [-0.05, 0) is 123 Å². The van der Waals surface area contributed by atoms with E-state index in [9.17, 15) is 24.0 Å². The number of tetrazole rings is 1. The second kappa shape index (κ2) is 17.9. The van der Waals surface area contributed by atoms with Crippen molar-refractivity contribution in [3.63, 3.8) is 0 Å². The van der Waals surface area contributed by atoms with Gasteiger partial charge in [-0.3, -0.25) is 44.2 Å². The number of nitrogens with one attached hydrogen (secondary N) is 3. The molecule has 352 valence electrons. The first-order valence-corrected chi connectivity index (χ1v) is 23.8. The van der Waals surface area contributed by atoms with Crippen molar-refractivity contribution in [2.75, 3.05) is 92.5 Å². The lowest BCUT2D eigenvalue weighted by Crippen LogP contribution is -2.54. The molecule has 0 radical (unpaired) electrons. The largest absolute Gasteiger partial charge is 0.371 e. The molecule has 4 fully saturated rings. The number of hydrogen-bond acceptors (Lipinski definition) is 15. The number of carbonyl (C=O) groups excluding carboxylic acids is 5. The molecule has 4 saturated heterocycles. The van der Waals surface area contributed by atoms with E-state index >= 15 is 0 Å². The van der Waals surface area contributed by atoms with Crippen molar-refractivity contribution in [1.29, 1.82) is 0 Å². The van der Waals surface area contributed by atoms with Crippen molar-refractivity contribution < 1.29 is 24.0 Å². The lowest BCUT2D eigenvalue weighted by atomic mass is 9.92. The summed E-state index contributed by atoms with van der Waals surface area (Å²) < 4.78 is 1.61. The quantitative estimate of drug-likeness (QED) is 0.172. The molecule has 0 spiro atoms. The van der Waals surface area contributed by atoms with Gasteiger partial charge in [0.05, 0.1) is 28.8 Å². The fourth-order valence-corrected chi connectivity index (χ4v) is 10.9. The van der Waals surface area contributed by atoms with Gasteiger partial charge in [0.2, 0.25) is 17.8 Å². The molecule has 3 N–H and O–H groups in total. The molecule has 3 aromatic heterocycles. The summed E-state index contributed by atoms with van der Waals surface area (Å²) in [5, 5.41) is 25.9. The number of anilines is 4. The predicted octanol–water partition coefficient (Wildman–Crippen LogP) is 3.13. The number of likely N-dealkylation sites (tertiary alicyclic amines) is 1. The first kappa shape index (κ1) is 43.5. The second-order valence-electron chi connectivity index (χ2n) is 19.1. The monoisotopic (exact) mass is 921 g/mol. The van der Waals surface area contributed by atoms with Gasteiger partial charge < -0.3 is 24.9 Å². The van der Waals surface area contributed by atoms with Gasteiger partial charge in [0, 0.05) is 100 Å². The minimum atomic E-state index is -0.962. The van der Waals surface area contributed by atoms with Crippen molar-refractivity contribution in [3.05, 3.63) is 77.1 Å². The Morgan fingerprint density at radius 2 is 1.53 bits per heavy atom. The summed E-state index contributed by atoms with van der Waals surface area (Å²) in [7, 11) is 1.85. The minimum absolute atomic E-state index is 0.101. The summed E-state index contributed by atoms with van der Waals surface area (Å²) in [6, 6.07) is 14.3. The number of H-pyrrole nitrogens is 1. The molecule has 6 aliphatic heterocycles. The molecule has 0 bridgehead atoms. The van der Waals surface area contributed by atoms with E-state index in [2.05, 4.69) is 62.0 Å². The van der Waals surface area contributed by atoms with Crippen LogP contribution >= 0.6 is 0 Å². The average molecular weight is 922 g/mol. The van der Waals surface area contributed by atoms with Gasteiger partial charge in [-0.1, -0.05) is 5.10 Å². The molecular weight excluding hydrogens is 867 g/mol. The molecule has 0 aliphatic carbocycles. The first-order valence-electron chi connectivity index (χ1n) is 23.8. The highest BCUT2D eigenvalue weighted by atomic mass is 16.2. The normalized spacial score (nSPS) is 21.2.